The third kappa shape index (κ3) is 27.3. The van der Waals surface area contributed by atoms with E-state index in [1.165, 1.54) is 54.6 Å². The molecule has 0 aliphatic heterocycles. The maximum atomic E-state index is 14.2. The van der Waals surface area contributed by atoms with Crippen LogP contribution in [0.25, 0.3) is 16.2 Å². The first-order valence-electron chi connectivity index (χ1n) is 31.4. The molecule has 0 saturated heterocycles. The van der Waals surface area contributed by atoms with Gasteiger partial charge in [-0.1, -0.05) is 47.0 Å². The molecule has 55 heteroatoms. The summed E-state index contributed by atoms with van der Waals surface area (Å²) >= 11 is 7.13. The van der Waals surface area contributed by atoms with Gasteiger partial charge >= 0.3 is 33.5 Å². The Labute approximate surface area is 685 Å². The van der Waals surface area contributed by atoms with Gasteiger partial charge in [-0.2, -0.15) is 100 Å². The van der Waals surface area contributed by atoms with Crippen molar-refractivity contribution in [2.45, 2.75) is 36.3 Å². The van der Waals surface area contributed by atoms with Crippen LogP contribution in [0.15, 0.2) is 235 Å². The molecule has 2 aromatic heterocycles. The van der Waals surface area contributed by atoms with Crippen molar-refractivity contribution in [3.8, 4) is 5.75 Å². The van der Waals surface area contributed by atoms with E-state index in [4.69, 9.17) is 31.9 Å². The van der Waals surface area contributed by atoms with Gasteiger partial charge < -0.3 is 36.5 Å². The summed E-state index contributed by atoms with van der Waals surface area (Å²) in [5, 5.41) is 80.3. The number of aromatic nitrogens is 6. The van der Waals surface area contributed by atoms with Gasteiger partial charge in [0.2, 0.25) is 29.1 Å². The minimum absolute atomic E-state index is 0. The maximum Gasteiger partial charge on any atom is 2.00 e. The number of amidine groups is 1. The number of phenolic OH excluding ortho intramolecular Hbond substituents is 1. The predicted octanol–water partition coefficient (Wildman–Crippen LogP) is 13.2. The number of nitrogens with one attached hydrogen (secondary N) is 3. The minimum atomic E-state index is -4.99. The maximum absolute atomic E-state index is 14.2. The molecule has 0 atom stereocenters. The van der Waals surface area contributed by atoms with E-state index >= 15 is 0 Å². The van der Waals surface area contributed by atoms with Crippen LogP contribution in [-0.4, -0.2) is 157 Å². The standard InChI is InChI=1S/C35H30ClN9O15S5.C27H24FN9O11S3.Cu/c1-2-45(26-11-13-28(14-12-26)62(47,48)16-15-58-65(55,56)57)35-39-33(36)38-34(40-35)37-21-3-5-22(6-4-21)41-42-23-7-9-24(10-8-23)43-44-25-17-29-30(31(18-25)63(49,50)51)19-27(61-60-59-46)20-32(29)64(52,53)54;1-2-50(41,42)11-10-29-26-31-25(28)32-27(33-26)30-21-13-19(51(43,44)45)14-22(23(21)38)35-37-24(16-6-4-3-5-7-16)36-34-20-12-18(49-48-47-40)9-8-17(20)15-46-39;/h3-14,17-20,46H,2,15-16H2,1H3,(H,49,50,51)(H,52,53,54)(H,55,56,57)(H,37,38,39,40);2-9,12-15H,1,10-11H2,(H6-,29,30,31,32,33,34,35,36,37,38,39,40,43,44,45);/q;-2;+2. The van der Waals surface area contributed by atoms with Crippen molar-refractivity contribution in [1.29, 1.82) is 0 Å². The van der Waals surface area contributed by atoms with Crippen molar-refractivity contribution in [2.75, 3.05) is 52.1 Å². The Morgan fingerprint density at radius 1 is 0.624 bits per heavy atom. The predicted molar refractivity (Wildman–Crippen MR) is 410 cm³/mol. The van der Waals surface area contributed by atoms with Crippen LogP contribution in [0.2, 0.25) is 5.28 Å². The molecule has 0 spiro atoms. The number of anilines is 7. The summed E-state index contributed by atoms with van der Waals surface area (Å²) in [5.41, 5.74) is 5.69. The normalized spacial score (nSPS) is 12.3. The molecule has 0 amide bonds. The number of benzene rings is 8. The van der Waals surface area contributed by atoms with E-state index < -0.39 is 128 Å². The summed E-state index contributed by atoms with van der Waals surface area (Å²) in [6.45, 7) is 5.25. The number of nitrogens with zero attached hydrogens (tertiary/aromatic N) is 15. The monoisotopic (exact) mass is 1840 g/mol. The largest absolute Gasteiger partial charge is 2.00 e. The summed E-state index contributed by atoms with van der Waals surface area (Å²) in [6, 6.07) is 36.5. The van der Waals surface area contributed by atoms with Gasteiger partial charge in [-0.3, -0.25) is 28.4 Å². The summed E-state index contributed by atoms with van der Waals surface area (Å²) in [4.78, 5) is 27.1. The Morgan fingerprint density at radius 2 is 1.21 bits per heavy atom. The molecule has 0 unspecified atom stereocenters. The zero-order valence-electron chi connectivity index (χ0n) is 58.4. The number of aromatic hydroxyl groups is 1. The Hall–Kier alpha value is -10.5. The molecule has 0 saturated carbocycles. The summed E-state index contributed by atoms with van der Waals surface area (Å²) in [6.07, 6.45) is -1.33. The van der Waals surface area contributed by atoms with Crippen LogP contribution in [0.4, 0.5) is 79.4 Å². The Bertz CT molecular complexity index is 6120. The molecule has 11 N–H and O–H groups in total. The third-order valence-corrected chi connectivity index (χ3v) is 21.8. The van der Waals surface area contributed by atoms with Crippen molar-refractivity contribution >= 4 is 188 Å². The first-order chi connectivity index (χ1) is 54.9. The second-order valence-corrected chi connectivity index (χ2v) is 33.5. The van der Waals surface area contributed by atoms with Crippen molar-refractivity contribution in [3.63, 3.8) is 0 Å². The van der Waals surface area contributed by atoms with Crippen molar-refractivity contribution in [1.82, 2.24) is 29.9 Å². The molecule has 0 fully saturated rings. The average Bonchev–Trinajstić information content (AvgIpc) is 0.755. The second-order valence-electron chi connectivity index (χ2n) is 22.2. The number of halogens is 2. The van der Waals surface area contributed by atoms with Crippen LogP contribution in [0.3, 0.4) is 0 Å². The Balaban J connectivity index is 0.000000298. The van der Waals surface area contributed by atoms with Gasteiger partial charge in [0, 0.05) is 56.0 Å². The van der Waals surface area contributed by atoms with E-state index in [1.54, 1.807) is 78.6 Å². The molecular weight excluding hydrogens is 1790 g/mol. The van der Waals surface area contributed by atoms with Crippen LogP contribution in [0, 0.1) is 12.7 Å². The van der Waals surface area contributed by atoms with E-state index in [-0.39, 0.29) is 102 Å². The molecule has 10 aromatic rings. The first-order valence-corrected chi connectivity index (χ1v) is 42.3. The van der Waals surface area contributed by atoms with Gasteiger partial charge in [-0.15, -0.1) is 31.0 Å². The summed E-state index contributed by atoms with van der Waals surface area (Å²) < 4.78 is 209. The fourth-order valence-electron chi connectivity index (χ4n) is 9.36. The molecule has 0 bridgehead atoms. The first kappa shape index (κ1) is 92.1. The summed E-state index contributed by atoms with van der Waals surface area (Å²) in [7, 11) is -27.3. The van der Waals surface area contributed by atoms with Gasteiger partial charge in [0.15, 0.2) is 31.3 Å². The van der Waals surface area contributed by atoms with Crippen molar-refractivity contribution in [3.05, 3.63) is 204 Å². The van der Waals surface area contributed by atoms with Crippen LogP contribution < -0.4 is 20.9 Å². The van der Waals surface area contributed by atoms with Gasteiger partial charge in [0.1, 0.15) is 15.5 Å². The number of sulfone groups is 2. The molecule has 1 radical (unpaired) electrons. The SMILES string of the molecule is C=CS(=O)(=O)CCNc1nc(F)nc(Nc2cc(S(=O)(=O)O)cc(N=NC(=N[N-]c3cc(SOOO)ccc3[CH-]OO)c3ccccc3)c2O)n1.CCN(c1ccc(S(=O)(=O)CCOS(=O)(=O)O)cc1)c1nc(Cl)nc(Nc2ccc(N=Nc3ccc(N=Nc4cc(S(=O)(=O)O)c5cc(SOOO)cc(S(=O)(=O)O)c5c4)cc3)cc2)n1.[Cu+2]. The number of azo groups is 3. The van der Waals surface area contributed by atoms with Crippen LogP contribution >= 0.6 is 35.7 Å². The van der Waals surface area contributed by atoms with Gasteiger partial charge in [-0.25, -0.2) is 37.2 Å². The Kier molecular flexibility index (Phi) is 32.3. The summed E-state index contributed by atoms with van der Waals surface area (Å²) in [5.74, 6) is -2.84. The molecule has 2 heterocycles. The molecule has 117 heavy (non-hydrogen) atoms. The van der Waals surface area contributed by atoms with Gasteiger partial charge in [0.25, 0.3) is 30.4 Å². The molecule has 0 aliphatic rings. The number of phenols is 1. The van der Waals surface area contributed by atoms with Crippen molar-refractivity contribution < 1.29 is 139 Å². The minimum Gasteiger partial charge on any atom is -0.631 e. The van der Waals surface area contributed by atoms with Gasteiger partial charge in [0.05, 0.1) is 80.4 Å². The molecule has 8 aromatic carbocycles. The molecule has 0 aliphatic carbocycles. The number of hydrogen-bond acceptors (Lipinski definition) is 40. The van der Waals surface area contributed by atoms with Crippen LogP contribution in [-0.2, 0) is 105 Å². The zero-order chi connectivity index (χ0) is 84.2. The Morgan fingerprint density at radius 3 is 1.80 bits per heavy atom. The van der Waals surface area contributed by atoms with E-state index in [0.29, 0.717) is 51.8 Å². The second kappa shape index (κ2) is 41.1. The fraction of sp³-hybridized carbons (Fsp3) is 0.0968. The van der Waals surface area contributed by atoms with E-state index in [1.807, 2.05) is 0 Å². The zero-order valence-corrected chi connectivity index (χ0v) is 66.6. The third-order valence-electron chi connectivity index (χ3n) is 14.5. The average molecular weight is 1840 g/mol. The van der Waals surface area contributed by atoms with E-state index in [0.717, 1.165) is 48.4 Å². The fourth-order valence-corrected chi connectivity index (χ4v) is 14.4. The molecular formula is C62H54ClCuFN18O26S8. The van der Waals surface area contributed by atoms with E-state index in [2.05, 4.69) is 121 Å². The number of rotatable bonds is 36. The van der Waals surface area contributed by atoms with Crippen molar-refractivity contribution in [2.24, 2.45) is 35.8 Å². The molecule has 10 rings (SSSR count). The molecule has 621 valence electrons. The smallest absolute Gasteiger partial charge is 0.631 e. The molecule has 44 nitrogen and oxygen atoms in total. The van der Waals surface area contributed by atoms with Gasteiger partial charge in [-0.05, 0) is 134 Å². The number of hydrogen-bond donors (Lipinski definition) is 11. The van der Waals surface area contributed by atoms with Crippen LogP contribution in [0.5, 0.6) is 5.75 Å². The quantitative estimate of drug-likeness (QED) is 0.00166. The topological polar surface area (TPSA) is 639 Å². The van der Waals surface area contributed by atoms with Crippen LogP contribution in [0.1, 0.15) is 18.1 Å². The number of fused-ring (bicyclic) bond motifs is 1. The van der Waals surface area contributed by atoms with E-state index in [9.17, 15) is 73.7 Å².